The lowest BCUT2D eigenvalue weighted by Crippen LogP contribution is -2.43. The number of piperidine rings is 1. The van der Waals surface area contributed by atoms with Gasteiger partial charge in [0.05, 0.1) is 12.9 Å². The zero-order valence-corrected chi connectivity index (χ0v) is 15.5. The number of imidazole rings is 1. The molecule has 5 heteroatoms. The Hall–Kier alpha value is -2.82. The van der Waals surface area contributed by atoms with Crippen LogP contribution < -0.4 is 0 Å². The van der Waals surface area contributed by atoms with Crippen molar-refractivity contribution in [1.29, 1.82) is 0 Å². The molecule has 1 saturated heterocycles. The molecule has 2 aromatic heterocycles. The molecule has 0 bridgehead atoms. The highest BCUT2D eigenvalue weighted by Crippen LogP contribution is 2.24. The van der Waals surface area contributed by atoms with Gasteiger partial charge in [-0.1, -0.05) is 30.3 Å². The highest BCUT2D eigenvalue weighted by atomic mass is 16.4. The van der Waals surface area contributed by atoms with Crippen LogP contribution in [0.1, 0.15) is 47.6 Å². The Labute approximate surface area is 159 Å². The molecule has 0 spiro atoms. The van der Waals surface area contributed by atoms with Gasteiger partial charge < -0.3 is 13.9 Å². The first-order valence-corrected chi connectivity index (χ1v) is 9.69. The Morgan fingerprint density at radius 1 is 1.15 bits per heavy atom. The van der Waals surface area contributed by atoms with Crippen LogP contribution in [0.15, 0.2) is 65.6 Å². The summed E-state index contributed by atoms with van der Waals surface area (Å²) in [6.45, 7) is 1.40. The molecule has 1 atom stereocenters. The molecule has 1 aromatic carbocycles. The Kier molecular flexibility index (Phi) is 5.37. The van der Waals surface area contributed by atoms with Gasteiger partial charge in [-0.25, -0.2) is 4.98 Å². The third-order valence-corrected chi connectivity index (χ3v) is 5.27. The van der Waals surface area contributed by atoms with Crippen molar-refractivity contribution in [3.05, 3.63) is 78.3 Å². The maximum absolute atomic E-state index is 13.1. The number of likely N-dealkylation sites (tertiary alicyclic amines) is 1. The van der Waals surface area contributed by atoms with Gasteiger partial charge in [-0.05, 0) is 49.8 Å². The van der Waals surface area contributed by atoms with Gasteiger partial charge in [0.25, 0.3) is 5.91 Å². The SMILES string of the molecule is O=C(c1ccc(Cn2ccnc2)o1)N1CCCC[C@@H]1CCc1ccccc1. The van der Waals surface area contributed by atoms with Crippen LogP contribution in [0.3, 0.4) is 0 Å². The van der Waals surface area contributed by atoms with Gasteiger partial charge in [0.15, 0.2) is 5.76 Å². The van der Waals surface area contributed by atoms with E-state index in [0.29, 0.717) is 12.3 Å². The summed E-state index contributed by atoms with van der Waals surface area (Å²) in [6.07, 6.45) is 10.7. The first-order valence-electron chi connectivity index (χ1n) is 9.69. The summed E-state index contributed by atoms with van der Waals surface area (Å²) in [7, 11) is 0. The van der Waals surface area contributed by atoms with Crippen LogP contribution in [0.25, 0.3) is 0 Å². The molecule has 5 nitrogen and oxygen atoms in total. The molecule has 0 unspecified atom stereocenters. The number of amides is 1. The zero-order chi connectivity index (χ0) is 18.5. The van der Waals surface area contributed by atoms with Gasteiger partial charge in [0.2, 0.25) is 0 Å². The summed E-state index contributed by atoms with van der Waals surface area (Å²) < 4.78 is 7.77. The molecule has 4 rings (SSSR count). The first kappa shape index (κ1) is 17.6. The topological polar surface area (TPSA) is 51.3 Å². The number of carbonyl (C=O) groups is 1. The number of aryl methyl sites for hydroxylation is 1. The van der Waals surface area contributed by atoms with Crippen molar-refractivity contribution < 1.29 is 9.21 Å². The number of rotatable bonds is 6. The van der Waals surface area contributed by atoms with Crippen LogP contribution in [0.4, 0.5) is 0 Å². The molecule has 27 heavy (non-hydrogen) atoms. The number of furan rings is 1. The summed E-state index contributed by atoms with van der Waals surface area (Å²) in [5.41, 5.74) is 1.33. The van der Waals surface area contributed by atoms with E-state index in [-0.39, 0.29) is 11.9 Å². The number of hydrogen-bond donors (Lipinski definition) is 0. The standard InChI is InChI=1S/C22H25N3O2/c26-22(21-12-11-20(27-21)16-24-15-13-23-17-24)25-14-5-4-8-19(25)10-9-18-6-2-1-3-7-18/h1-3,6-7,11-13,15,17,19H,4-5,8-10,14,16H2/t19-/m1/s1. The van der Waals surface area contributed by atoms with E-state index in [4.69, 9.17) is 4.42 Å². The number of benzene rings is 1. The van der Waals surface area contributed by atoms with Crippen LogP contribution >= 0.6 is 0 Å². The van der Waals surface area contributed by atoms with Gasteiger partial charge >= 0.3 is 0 Å². The molecule has 0 radical (unpaired) electrons. The largest absolute Gasteiger partial charge is 0.454 e. The molecule has 140 valence electrons. The second kappa shape index (κ2) is 8.25. The van der Waals surface area contributed by atoms with Gasteiger partial charge in [-0.15, -0.1) is 0 Å². The van der Waals surface area contributed by atoms with Crippen molar-refractivity contribution in [2.75, 3.05) is 6.54 Å². The molecule has 0 saturated carbocycles. The number of aromatic nitrogens is 2. The van der Waals surface area contributed by atoms with Gasteiger partial charge in [-0.2, -0.15) is 0 Å². The third-order valence-electron chi connectivity index (χ3n) is 5.27. The second-order valence-corrected chi connectivity index (χ2v) is 7.17. The molecule has 3 heterocycles. The predicted molar refractivity (Wildman–Crippen MR) is 103 cm³/mol. The van der Waals surface area contributed by atoms with Gasteiger partial charge in [0.1, 0.15) is 5.76 Å². The summed E-state index contributed by atoms with van der Waals surface area (Å²) in [5, 5.41) is 0. The van der Waals surface area contributed by atoms with Gasteiger partial charge in [-0.3, -0.25) is 4.79 Å². The molecule has 1 fully saturated rings. The summed E-state index contributed by atoms with van der Waals surface area (Å²) in [6, 6.07) is 14.5. The van der Waals surface area contributed by atoms with Crippen molar-refractivity contribution in [2.45, 2.75) is 44.7 Å². The van der Waals surface area contributed by atoms with E-state index in [1.807, 2.05) is 27.8 Å². The highest BCUT2D eigenvalue weighted by molar-refractivity contribution is 5.91. The van der Waals surface area contributed by atoms with E-state index in [9.17, 15) is 4.79 Å². The average Bonchev–Trinajstić information content (AvgIpc) is 3.39. The van der Waals surface area contributed by atoms with E-state index in [1.165, 1.54) is 12.0 Å². The molecule has 1 amide bonds. The second-order valence-electron chi connectivity index (χ2n) is 7.17. The van der Waals surface area contributed by atoms with Gasteiger partial charge in [0, 0.05) is 25.0 Å². The Morgan fingerprint density at radius 2 is 2.04 bits per heavy atom. The van der Waals surface area contributed by atoms with Crippen LogP contribution in [-0.2, 0) is 13.0 Å². The molecular formula is C22H25N3O2. The average molecular weight is 363 g/mol. The maximum Gasteiger partial charge on any atom is 0.289 e. The maximum atomic E-state index is 13.1. The van der Waals surface area contributed by atoms with Crippen molar-refractivity contribution in [2.24, 2.45) is 0 Å². The van der Waals surface area contributed by atoms with Crippen molar-refractivity contribution in [1.82, 2.24) is 14.5 Å². The van der Waals surface area contributed by atoms with E-state index in [2.05, 4.69) is 29.2 Å². The molecule has 1 aliphatic rings. The normalized spacial score (nSPS) is 17.2. The van der Waals surface area contributed by atoms with Crippen molar-refractivity contribution >= 4 is 5.91 Å². The Morgan fingerprint density at radius 3 is 2.85 bits per heavy atom. The summed E-state index contributed by atoms with van der Waals surface area (Å²) >= 11 is 0. The summed E-state index contributed by atoms with van der Waals surface area (Å²) in [5.74, 6) is 1.23. The first-order chi connectivity index (χ1) is 13.3. The lowest BCUT2D eigenvalue weighted by atomic mass is 9.95. The fraction of sp³-hybridized carbons (Fsp3) is 0.364. The molecular weight excluding hydrogens is 338 g/mol. The molecule has 0 N–H and O–H groups in total. The lowest BCUT2D eigenvalue weighted by molar-refractivity contribution is 0.0567. The van der Waals surface area contributed by atoms with E-state index < -0.39 is 0 Å². The Balaban J connectivity index is 1.42. The predicted octanol–water partition coefficient (Wildman–Crippen LogP) is 4.15. The minimum Gasteiger partial charge on any atom is -0.454 e. The van der Waals surface area contributed by atoms with Crippen LogP contribution in [0.2, 0.25) is 0 Å². The number of nitrogens with zero attached hydrogens (tertiary/aromatic N) is 3. The molecule has 0 aliphatic carbocycles. The van der Waals surface area contributed by atoms with Crippen LogP contribution in [0, 0.1) is 0 Å². The highest BCUT2D eigenvalue weighted by Gasteiger charge is 2.29. The molecule has 3 aromatic rings. The minimum absolute atomic E-state index is 0.0182. The fourth-order valence-electron chi connectivity index (χ4n) is 3.83. The molecule has 1 aliphatic heterocycles. The minimum atomic E-state index is 0.0182. The quantitative estimate of drug-likeness (QED) is 0.661. The van der Waals surface area contributed by atoms with E-state index in [0.717, 1.165) is 38.0 Å². The Bertz CT molecular complexity index is 855. The van der Waals surface area contributed by atoms with E-state index in [1.54, 1.807) is 18.6 Å². The van der Waals surface area contributed by atoms with E-state index >= 15 is 0 Å². The van der Waals surface area contributed by atoms with Crippen molar-refractivity contribution in [3.8, 4) is 0 Å². The third kappa shape index (κ3) is 4.30. The number of hydrogen-bond acceptors (Lipinski definition) is 3. The van der Waals surface area contributed by atoms with Crippen molar-refractivity contribution in [3.63, 3.8) is 0 Å². The summed E-state index contributed by atoms with van der Waals surface area (Å²) in [4.78, 5) is 19.1. The smallest absolute Gasteiger partial charge is 0.289 e. The van der Waals surface area contributed by atoms with Crippen LogP contribution in [0.5, 0.6) is 0 Å². The van der Waals surface area contributed by atoms with Crippen LogP contribution in [-0.4, -0.2) is 32.9 Å². The zero-order valence-electron chi connectivity index (χ0n) is 15.5. The number of carbonyl (C=O) groups excluding carboxylic acids is 1. The lowest BCUT2D eigenvalue weighted by Gasteiger charge is -2.35. The monoisotopic (exact) mass is 363 g/mol. The fourth-order valence-corrected chi connectivity index (χ4v) is 3.83.